The van der Waals surface area contributed by atoms with Crippen molar-refractivity contribution >= 4 is 5.91 Å². The van der Waals surface area contributed by atoms with E-state index in [2.05, 4.69) is 24.5 Å². The Morgan fingerprint density at radius 2 is 2.22 bits per heavy atom. The Labute approximate surface area is 138 Å². The lowest BCUT2D eigenvalue weighted by Gasteiger charge is -2.41. The standard InChI is InChI=1S/C19H28N2O2/c1-15(2)8-10-19(14-22)9-4-11-20(13-19)18(23)17-5-3-12-21(17)16-6-7-16/h3,5,8,12,16,22H,4,6-7,9-11,13-14H2,1-2H3/t19-/m1/s1. The number of piperidine rings is 1. The highest BCUT2D eigenvalue weighted by Crippen LogP contribution is 2.38. The molecule has 0 spiro atoms. The van der Waals surface area contributed by atoms with Crippen molar-refractivity contribution in [2.24, 2.45) is 5.41 Å². The molecule has 1 aromatic heterocycles. The van der Waals surface area contributed by atoms with Crippen molar-refractivity contribution in [2.45, 2.75) is 52.0 Å². The minimum atomic E-state index is -0.178. The molecule has 2 aliphatic rings. The van der Waals surface area contributed by atoms with Crippen LogP contribution in [0.1, 0.15) is 62.5 Å². The maximum atomic E-state index is 13.0. The number of rotatable bonds is 5. The molecule has 1 N–H and O–H groups in total. The molecule has 0 radical (unpaired) electrons. The minimum absolute atomic E-state index is 0.122. The first-order chi connectivity index (χ1) is 11.0. The van der Waals surface area contributed by atoms with Gasteiger partial charge in [-0.2, -0.15) is 0 Å². The summed E-state index contributed by atoms with van der Waals surface area (Å²) in [5, 5.41) is 9.96. The van der Waals surface area contributed by atoms with Gasteiger partial charge >= 0.3 is 0 Å². The number of carbonyl (C=O) groups excluding carboxylic acids is 1. The van der Waals surface area contributed by atoms with E-state index in [9.17, 15) is 9.90 Å². The topological polar surface area (TPSA) is 45.5 Å². The average Bonchev–Trinajstić information content (AvgIpc) is 3.29. The minimum Gasteiger partial charge on any atom is -0.396 e. The van der Waals surface area contributed by atoms with Crippen LogP contribution in [0.5, 0.6) is 0 Å². The summed E-state index contributed by atoms with van der Waals surface area (Å²) in [7, 11) is 0. The van der Waals surface area contributed by atoms with Crippen molar-refractivity contribution in [3.8, 4) is 0 Å². The first-order valence-corrected chi connectivity index (χ1v) is 8.75. The second kappa shape index (κ2) is 6.52. The number of aliphatic hydroxyl groups is 1. The van der Waals surface area contributed by atoms with Gasteiger partial charge in [0.05, 0.1) is 6.61 Å². The van der Waals surface area contributed by atoms with Crippen molar-refractivity contribution in [3.63, 3.8) is 0 Å². The Morgan fingerprint density at radius 3 is 2.87 bits per heavy atom. The largest absolute Gasteiger partial charge is 0.396 e. The monoisotopic (exact) mass is 316 g/mol. The summed E-state index contributed by atoms with van der Waals surface area (Å²) in [5.74, 6) is 0.122. The predicted octanol–water partition coefficient (Wildman–Crippen LogP) is 3.39. The Balaban J connectivity index is 1.75. The number of hydrogen-bond acceptors (Lipinski definition) is 2. The van der Waals surface area contributed by atoms with Crippen molar-refractivity contribution < 1.29 is 9.90 Å². The fourth-order valence-electron chi connectivity index (χ4n) is 3.57. The molecule has 3 rings (SSSR count). The summed E-state index contributed by atoms with van der Waals surface area (Å²) in [6, 6.07) is 4.42. The third-order valence-corrected chi connectivity index (χ3v) is 5.17. The number of hydrogen-bond donors (Lipinski definition) is 1. The molecule has 1 amide bonds. The number of carbonyl (C=O) groups is 1. The number of aromatic nitrogens is 1. The molecule has 2 heterocycles. The van der Waals surface area contributed by atoms with Gasteiger partial charge in [-0.3, -0.25) is 4.79 Å². The SMILES string of the molecule is CC(C)=CC[C@]1(CO)CCCN(C(=O)c2cccn2C2CC2)C1. The molecule has 23 heavy (non-hydrogen) atoms. The van der Waals surface area contributed by atoms with Gasteiger partial charge in [-0.25, -0.2) is 0 Å². The number of allylic oxidation sites excluding steroid dienone is 2. The van der Waals surface area contributed by atoms with Crippen molar-refractivity contribution in [1.82, 2.24) is 9.47 Å². The second-order valence-electron chi connectivity index (χ2n) is 7.51. The number of amides is 1. The lowest BCUT2D eigenvalue weighted by Crippen LogP contribution is -2.48. The molecule has 4 nitrogen and oxygen atoms in total. The summed E-state index contributed by atoms with van der Waals surface area (Å²) in [6.45, 7) is 5.76. The molecule has 1 atom stereocenters. The first-order valence-electron chi connectivity index (χ1n) is 8.75. The Kier molecular flexibility index (Phi) is 4.62. The highest BCUT2D eigenvalue weighted by Gasteiger charge is 2.37. The molecular weight excluding hydrogens is 288 g/mol. The highest BCUT2D eigenvalue weighted by atomic mass is 16.3. The van der Waals surface area contributed by atoms with Crippen LogP contribution in [-0.2, 0) is 0 Å². The van der Waals surface area contributed by atoms with Crippen LogP contribution in [0.4, 0.5) is 0 Å². The average molecular weight is 316 g/mol. The third-order valence-electron chi connectivity index (χ3n) is 5.17. The summed E-state index contributed by atoms with van der Waals surface area (Å²) in [6.07, 6.45) is 9.37. The van der Waals surface area contributed by atoms with Gasteiger partial charge in [0.2, 0.25) is 0 Å². The molecule has 0 aromatic carbocycles. The van der Waals surface area contributed by atoms with E-state index in [1.807, 2.05) is 23.2 Å². The molecule has 1 aromatic rings. The molecule has 1 saturated carbocycles. The van der Waals surface area contributed by atoms with Crippen LogP contribution in [0.2, 0.25) is 0 Å². The Bertz CT molecular complexity index is 596. The zero-order valence-corrected chi connectivity index (χ0v) is 14.3. The van der Waals surface area contributed by atoms with E-state index in [1.54, 1.807) is 0 Å². The van der Waals surface area contributed by atoms with Crippen LogP contribution in [0.25, 0.3) is 0 Å². The maximum absolute atomic E-state index is 13.0. The zero-order chi connectivity index (χ0) is 16.4. The summed E-state index contributed by atoms with van der Waals surface area (Å²) < 4.78 is 2.13. The highest BCUT2D eigenvalue weighted by molar-refractivity contribution is 5.93. The summed E-state index contributed by atoms with van der Waals surface area (Å²) in [5.41, 5.74) is 1.90. The lowest BCUT2D eigenvalue weighted by molar-refractivity contribution is 0.0277. The van der Waals surface area contributed by atoms with E-state index in [1.165, 1.54) is 18.4 Å². The van der Waals surface area contributed by atoms with Gasteiger partial charge in [-0.15, -0.1) is 0 Å². The van der Waals surface area contributed by atoms with E-state index >= 15 is 0 Å². The molecule has 1 aliphatic carbocycles. The number of nitrogens with zero attached hydrogens (tertiary/aromatic N) is 2. The van der Waals surface area contributed by atoms with Gasteiger partial charge in [0.1, 0.15) is 5.69 Å². The van der Waals surface area contributed by atoms with Gasteiger partial charge < -0.3 is 14.6 Å². The van der Waals surface area contributed by atoms with Crippen molar-refractivity contribution in [2.75, 3.05) is 19.7 Å². The van der Waals surface area contributed by atoms with Gasteiger partial charge in [0, 0.05) is 30.7 Å². The van der Waals surface area contributed by atoms with Gasteiger partial charge in [-0.1, -0.05) is 11.6 Å². The number of aliphatic hydroxyl groups excluding tert-OH is 1. The Hall–Kier alpha value is -1.55. The molecule has 1 aliphatic heterocycles. The molecule has 0 unspecified atom stereocenters. The first kappa shape index (κ1) is 16.3. The molecule has 4 heteroatoms. The van der Waals surface area contributed by atoms with E-state index in [4.69, 9.17) is 0 Å². The van der Waals surface area contributed by atoms with E-state index in [-0.39, 0.29) is 17.9 Å². The van der Waals surface area contributed by atoms with Crippen LogP contribution in [0.3, 0.4) is 0 Å². The van der Waals surface area contributed by atoms with Gasteiger partial charge in [0.25, 0.3) is 5.91 Å². The van der Waals surface area contributed by atoms with Crippen LogP contribution in [-0.4, -0.2) is 40.2 Å². The predicted molar refractivity (Wildman–Crippen MR) is 91.4 cm³/mol. The summed E-state index contributed by atoms with van der Waals surface area (Å²) >= 11 is 0. The molecular formula is C19H28N2O2. The smallest absolute Gasteiger partial charge is 0.270 e. The van der Waals surface area contributed by atoms with E-state index in [0.29, 0.717) is 12.6 Å². The van der Waals surface area contributed by atoms with Crippen molar-refractivity contribution in [1.29, 1.82) is 0 Å². The van der Waals surface area contributed by atoms with Gasteiger partial charge in [0.15, 0.2) is 0 Å². The van der Waals surface area contributed by atoms with E-state index in [0.717, 1.165) is 31.5 Å². The molecule has 1 saturated heterocycles. The zero-order valence-electron chi connectivity index (χ0n) is 14.3. The van der Waals surface area contributed by atoms with Crippen LogP contribution in [0.15, 0.2) is 30.0 Å². The molecule has 126 valence electrons. The van der Waals surface area contributed by atoms with Crippen LogP contribution in [0, 0.1) is 5.41 Å². The second-order valence-corrected chi connectivity index (χ2v) is 7.51. The van der Waals surface area contributed by atoms with Crippen molar-refractivity contribution in [3.05, 3.63) is 35.7 Å². The fraction of sp³-hybridized carbons (Fsp3) is 0.632. The van der Waals surface area contributed by atoms with E-state index < -0.39 is 0 Å². The lowest BCUT2D eigenvalue weighted by atomic mass is 9.77. The molecule has 0 bridgehead atoms. The quantitative estimate of drug-likeness (QED) is 0.846. The molecule has 2 fully saturated rings. The Morgan fingerprint density at radius 1 is 1.43 bits per heavy atom. The van der Waals surface area contributed by atoms with Crippen LogP contribution < -0.4 is 0 Å². The summed E-state index contributed by atoms with van der Waals surface area (Å²) in [4.78, 5) is 14.9. The maximum Gasteiger partial charge on any atom is 0.270 e. The third kappa shape index (κ3) is 3.52. The van der Waals surface area contributed by atoms with Gasteiger partial charge in [-0.05, 0) is 58.1 Å². The number of likely N-dealkylation sites (tertiary alicyclic amines) is 1. The normalized spacial score (nSPS) is 24.6. The van der Waals surface area contributed by atoms with Crippen LogP contribution >= 0.6 is 0 Å². The fourth-order valence-corrected chi connectivity index (χ4v) is 3.57.